The van der Waals surface area contributed by atoms with Gasteiger partial charge in [-0.15, -0.1) is 11.3 Å². The van der Waals surface area contributed by atoms with Crippen molar-refractivity contribution in [2.45, 2.75) is 6.54 Å². The lowest BCUT2D eigenvalue weighted by molar-refractivity contribution is 0.622. The third kappa shape index (κ3) is 3.45. The Labute approximate surface area is 160 Å². The first-order chi connectivity index (χ1) is 12.7. The van der Waals surface area contributed by atoms with Crippen LogP contribution in [0.2, 0.25) is 5.02 Å². The molecule has 1 aromatic carbocycles. The van der Waals surface area contributed by atoms with Crippen LogP contribution in [0, 0.1) is 0 Å². The summed E-state index contributed by atoms with van der Waals surface area (Å²) in [5.74, 6) is 0. The third-order valence-electron chi connectivity index (χ3n) is 4.45. The van der Waals surface area contributed by atoms with Gasteiger partial charge in [0.2, 0.25) is 0 Å². The van der Waals surface area contributed by atoms with Crippen molar-refractivity contribution < 1.29 is 0 Å². The summed E-state index contributed by atoms with van der Waals surface area (Å²) in [4.78, 5) is 21.3. The minimum atomic E-state index is -0.254. The highest BCUT2D eigenvalue weighted by Crippen LogP contribution is 2.25. The SMILES string of the molecule is O=c1c(Cl)c(N2CCN(c3nccs3)CC2)cnn1Cc1ccccc1. The molecule has 134 valence electrons. The van der Waals surface area contributed by atoms with Gasteiger partial charge in [-0.1, -0.05) is 41.9 Å². The van der Waals surface area contributed by atoms with Crippen molar-refractivity contribution in [3.05, 3.63) is 69.0 Å². The molecule has 4 rings (SSSR count). The van der Waals surface area contributed by atoms with Gasteiger partial charge in [0, 0.05) is 37.8 Å². The molecule has 8 heteroatoms. The van der Waals surface area contributed by atoms with E-state index < -0.39 is 0 Å². The highest BCUT2D eigenvalue weighted by atomic mass is 35.5. The smallest absolute Gasteiger partial charge is 0.287 e. The van der Waals surface area contributed by atoms with E-state index in [9.17, 15) is 4.79 Å². The van der Waals surface area contributed by atoms with Crippen molar-refractivity contribution in [3.63, 3.8) is 0 Å². The zero-order chi connectivity index (χ0) is 17.9. The van der Waals surface area contributed by atoms with E-state index in [0.29, 0.717) is 12.2 Å². The number of nitrogens with zero attached hydrogens (tertiary/aromatic N) is 5. The number of hydrogen-bond acceptors (Lipinski definition) is 6. The first-order valence-corrected chi connectivity index (χ1v) is 9.67. The van der Waals surface area contributed by atoms with Gasteiger partial charge in [-0.3, -0.25) is 4.79 Å². The number of halogens is 1. The first-order valence-electron chi connectivity index (χ1n) is 8.41. The van der Waals surface area contributed by atoms with Crippen molar-refractivity contribution in [2.24, 2.45) is 0 Å². The topological polar surface area (TPSA) is 54.3 Å². The molecule has 0 bridgehead atoms. The van der Waals surface area contributed by atoms with Crippen molar-refractivity contribution in [1.29, 1.82) is 0 Å². The Morgan fingerprint density at radius 1 is 1.08 bits per heavy atom. The molecule has 2 aromatic heterocycles. The molecule has 0 amide bonds. The monoisotopic (exact) mass is 387 g/mol. The summed E-state index contributed by atoms with van der Waals surface area (Å²) in [5.41, 5.74) is 1.47. The van der Waals surface area contributed by atoms with Gasteiger partial charge in [-0.2, -0.15) is 5.10 Å². The fraction of sp³-hybridized carbons (Fsp3) is 0.278. The Kier molecular flexibility index (Phi) is 4.90. The summed E-state index contributed by atoms with van der Waals surface area (Å²) in [7, 11) is 0. The molecular weight excluding hydrogens is 370 g/mol. The zero-order valence-electron chi connectivity index (χ0n) is 14.1. The lowest BCUT2D eigenvalue weighted by atomic mass is 10.2. The number of rotatable bonds is 4. The van der Waals surface area contributed by atoms with E-state index in [2.05, 4.69) is 19.9 Å². The normalized spacial score (nSPS) is 14.7. The molecule has 0 unspecified atom stereocenters. The van der Waals surface area contributed by atoms with Crippen LogP contribution in [0.25, 0.3) is 0 Å². The maximum Gasteiger partial charge on any atom is 0.287 e. The van der Waals surface area contributed by atoms with Gasteiger partial charge in [-0.05, 0) is 5.56 Å². The number of thiazole rings is 1. The minimum Gasteiger partial charge on any atom is -0.365 e. The van der Waals surface area contributed by atoms with Crippen molar-refractivity contribution >= 4 is 33.8 Å². The van der Waals surface area contributed by atoms with Crippen LogP contribution in [0.3, 0.4) is 0 Å². The Morgan fingerprint density at radius 2 is 1.81 bits per heavy atom. The van der Waals surface area contributed by atoms with Gasteiger partial charge in [-0.25, -0.2) is 9.67 Å². The van der Waals surface area contributed by atoms with E-state index in [1.54, 1.807) is 17.5 Å². The standard InChI is InChI=1S/C18H18ClN5OS/c19-16-15(22-7-9-23(10-8-22)18-20-6-11-26-18)12-21-24(17(16)25)13-14-4-2-1-3-5-14/h1-6,11-12H,7-10,13H2. The summed E-state index contributed by atoms with van der Waals surface area (Å²) >= 11 is 8.03. The molecule has 0 saturated carbocycles. The molecule has 0 radical (unpaired) electrons. The average Bonchev–Trinajstić information content (AvgIpc) is 3.22. The number of benzene rings is 1. The van der Waals surface area contributed by atoms with Crippen LogP contribution < -0.4 is 15.4 Å². The molecule has 3 heterocycles. The highest BCUT2D eigenvalue weighted by Gasteiger charge is 2.22. The molecular formula is C18H18ClN5OS. The zero-order valence-corrected chi connectivity index (χ0v) is 15.7. The number of piperazine rings is 1. The largest absolute Gasteiger partial charge is 0.365 e. The van der Waals surface area contributed by atoms with Crippen LogP contribution in [0.1, 0.15) is 5.56 Å². The second-order valence-electron chi connectivity index (χ2n) is 6.08. The van der Waals surface area contributed by atoms with Gasteiger partial charge in [0.05, 0.1) is 18.4 Å². The van der Waals surface area contributed by atoms with E-state index in [0.717, 1.165) is 36.9 Å². The van der Waals surface area contributed by atoms with E-state index in [4.69, 9.17) is 11.6 Å². The van der Waals surface area contributed by atoms with Crippen molar-refractivity contribution in [2.75, 3.05) is 36.0 Å². The maximum absolute atomic E-state index is 12.6. The molecule has 1 saturated heterocycles. The average molecular weight is 388 g/mol. The third-order valence-corrected chi connectivity index (χ3v) is 5.64. The lowest BCUT2D eigenvalue weighted by Crippen LogP contribution is -2.47. The Hall–Kier alpha value is -2.38. The highest BCUT2D eigenvalue weighted by molar-refractivity contribution is 7.13. The molecule has 0 N–H and O–H groups in total. The fourth-order valence-electron chi connectivity index (χ4n) is 3.06. The Morgan fingerprint density at radius 3 is 2.50 bits per heavy atom. The molecule has 6 nitrogen and oxygen atoms in total. The number of aromatic nitrogens is 3. The van der Waals surface area contributed by atoms with Crippen LogP contribution >= 0.6 is 22.9 Å². The second kappa shape index (κ2) is 7.47. The molecule has 3 aromatic rings. The van der Waals surface area contributed by atoms with Gasteiger partial charge < -0.3 is 9.80 Å². The molecule has 1 aliphatic rings. The Balaban J connectivity index is 1.50. The van der Waals surface area contributed by atoms with Crippen molar-refractivity contribution in [3.8, 4) is 0 Å². The molecule has 0 aliphatic carbocycles. The molecule has 0 atom stereocenters. The van der Waals surface area contributed by atoms with Gasteiger partial charge >= 0.3 is 0 Å². The van der Waals surface area contributed by atoms with Crippen LogP contribution in [0.5, 0.6) is 0 Å². The predicted molar refractivity (Wildman–Crippen MR) is 106 cm³/mol. The summed E-state index contributed by atoms with van der Waals surface area (Å²) < 4.78 is 1.41. The van der Waals surface area contributed by atoms with E-state index in [1.807, 2.05) is 41.9 Å². The Bertz CT molecular complexity index is 921. The summed E-state index contributed by atoms with van der Waals surface area (Å²) in [6.45, 7) is 3.66. The first kappa shape index (κ1) is 17.1. The van der Waals surface area contributed by atoms with E-state index in [-0.39, 0.29) is 10.6 Å². The number of hydrogen-bond donors (Lipinski definition) is 0. The van der Waals surface area contributed by atoms with Gasteiger partial charge in [0.1, 0.15) is 5.02 Å². The van der Waals surface area contributed by atoms with Gasteiger partial charge in [0.15, 0.2) is 5.13 Å². The summed E-state index contributed by atoms with van der Waals surface area (Å²) in [6.07, 6.45) is 3.52. The maximum atomic E-state index is 12.6. The molecule has 0 spiro atoms. The molecule has 1 fully saturated rings. The second-order valence-corrected chi connectivity index (χ2v) is 7.33. The van der Waals surface area contributed by atoms with Crippen LogP contribution in [0.15, 0.2) is 52.9 Å². The molecule has 1 aliphatic heterocycles. The quantitative estimate of drug-likeness (QED) is 0.689. The van der Waals surface area contributed by atoms with Crippen LogP contribution in [0.4, 0.5) is 10.8 Å². The number of anilines is 2. The van der Waals surface area contributed by atoms with Crippen LogP contribution in [-0.4, -0.2) is 40.9 Å². The minimum absolute atomic E-state index is 0.235. The summed E-state index contributed by atoms with van der Waals surface area (Å²) in [5, 5.41) is 7.58. The van der Waals surface area contributed by atoms with Crippen LogP contribution in [-0.2, 0) is 6.54 Å². The van der Waals surface area contributed by atoms with Crippen molar-refractivity contribution in [1.82, 2.24) is 14.8 Å². The van der Waals surface area contributed by atoms with Gasteiger partial charge in [0.25, 0.3) is 5.56 Å². The van der Waals surface area contributed by atoms with E-state index >= 15 is 0 Å². The molecule has 26 heavy (non-hydrogen) atoms. The van der Waals surface area contributed by atoms with E-state index in [1.165, 1.54) is 4.68 Å². The predicted octanol–water partition coefficient (Wildman–Crippen LogP) is 2.73. The lowest BCUT2D eigenvalue weighted by Gasteiger charge is -2.36. The summed E-state index contributed by atoms with van der Waals surface area (Å²) in [6, 6.07) is 9.76. The fourth-order valence-corrected chi connectivity index (χ4v) is 4.02.